The maximum absolute atomic E-state index is 13.5. The molecular formula is C37H37N3O6. The normalized spacial score (nSPS) is 13.2. The number of imidazole rings is 1. The summed E-state index contributed by atoms with van der Waals surface area (Å²) in [4.78, 5) is 38.7. The van der Waals surface area contributed by atoms with Crippen LogP contribution in [-0.4, -0.2) is 55.6 Å². The van der Waals surface area contributed by atoms with Gasteiger partial charge in [-0.3, -0.25) is 4.79 Å². The number of nitrogens with zero attached hydrogens (tertiary/aromatic N) is 3. The lowest BCUT2D eigenvalue weighted by molar-refractivity contribution is -0.159. The minimum atomic E-state index is -1.82. The molecule has 2 heterocycles. The lowest BCUT2D eigenvalue weighted by atomic mass is 9.87. The van der Waals surface area contributed by atoms with Crippen molar-refractivity contribution in [3.63, 3.8) is 0 Å². The maximum Gasteiger partial charge on any atom is 0.414 e. The summed E-state index contributed by atoms with van der Waals surface area (Å²) in [7, 11) is 0. The summed E-state index contributed by atoms with van der Waals surface area (Å²) in [5, 5.41) is 14.8. The Morgan fingerprint density at radius 1 is 0.739 bits per heavy atom. The number of amides is 1. The highest BCUT2D eigenvalue weighted by Gasteiger charge is 2.27. The third-order valence-electron chi connectivity index (χ3n) is 8.22. The summed E-state index contributed by atoms with van der Waals surface area (Å²) in [6.45, 7) is 2.90. The minimum Gasteiger partial charge on any atom is -0.486 e. The molecule has 1 amide bonds. The van der Waals surface area contributed by atoms with E-state index in [-0.39, 0.29) is 11.8 Å². The van der Waals surface area contributed by atoms with Crippen molar-refractivity contribution in [3.05, 3.63) is 132 Å². The topological polar surface area (TPSA) is 122 Å². The fraction of sp³-hybridized carbons (Fsp3) is 0.243. The number of carbonyl (C=O) groups is 3. The van der Waals surface area contributed by atoms with Gasteiger partial charge in [0.2, 0.25) is 5.91 Å². The summed E-state index contributed by atoms with van der Waals surface area (Å²) < 4.78 is 8.39. The zero-order valence-electron chi connectivity index (χ0n) is 25.4. The van der Waals surface area contributed by atoms with Crippen molar-refractivity contribution < 1.29 is 29.3 Å². The molecule has 4 aromatic carbocycles. The Hall–Kier alpha value is -5.44. The molecule has 9 heteroatoms. The van der Waals surface area contributed by atoms with Gasteiger partial charge < -0.3 is 24.4 Å². The van der Waals surface area contributed by atoms with Crippen LogP contribution in [0.5, 0.6) is 5.75 Å². The quantitative estimate of drug-likeness (QED) is 0.188. The molecule has 1 aliphatic rings. The number of hydrogen-bond donors (Lipinski definition) is 2. The monoisotopic (exact) mass is 619 g/mol. The predicted octanol–water partition coefficient (Wildman–Crippen LogP) is 6.23. The lowest BCUT2D eigenvalue weighted by Crippen LogP contribution is -2.40. The van der Waals surface area contributed by atoms with Crippen molar-refractivity contribution in [2.75, 3.05) is 13.1 Å². The summed E-state index contributed by atoms with van der Waals surface area (Å²) >= 11 is 0. The molecule has 236 valence electrons. The Balaban J connectivity index is 0.000000635. The Morgan fingerprint density at radius 3 is 1.83 bits per heavy atom. The Kier molecular flexibility index (Phi) is 10.8. The zero-order chi connectivity index (χ0) is 32.3. The van der Waals surface area contributed by atoms with Crippen LogP contribution in [-0.2, 0) is 27.5 Å². The molecule has 1 aliphatic heterocycles. The fourth-order valence-electron chi connectivity index (χ4n) is 5.83. The largest absolute Gasteiger partial charge is 0.486 e. The first-order valence-corrected chi connectivity index (χ1v) is 15.3. The van der Waals surface area contributed by atoms with E-state index in [0.717, 1.165) is 55.1 Å². The van der Waals surface area contributed by atoms with Gasteiger partial charge in [-0.1, -0.05) is 91.0 Å². The van der Waals surface area contributed by atoms with Gasteiger partial charge in [-0.15, -0.1) is 0 Å². The van der Waals surface area contributed by atoms with Crippen molar-refractivity contribution in [1.29, 1.82) is 0 Å². The van der Waals surface area contributed by atoms with Gasteiger partial charge in [0, 0.05) is 32.0 Å². The number of carbonyl (C=O) groups excluding carboxylic acids is 1. The van der Waals surface area contributed by atoms with Gasteiger partial charge in [0.1, 0.15) is 18.2 Å². The zero-order valence-corrected chi connectivity index (χ0v) is 25.4. The van der Waals surface area contributed by atoms with Crippen molar-refractivity contribution in [1.82, 2.24) is 14.5 Å². The van der Waals surface area contributed by atoms with E-state index in [4.69, 9.17) is 29.5 Å². The molecule has 46 heavy (non-hydrogen) atoms. The molecule has 1 fully saturated rings. The lowest BCUT2D eigenvalue weighted by Gasteiger charge is -2.33. The second-order valence-corrected chi connectivity index (χ2v) is 11.2. The van der Waals surface area contributed by atoms with Crippen LogP contribution in [0.4, 0.5) is 0 Å². The van der Waals surface area contributed by atoms with E-state index in [0.29, 0.717) is 18.9 Å². The van der Waals surface area contributed by atoms with Gasteiger partial charge in [0.15, 0.2) is 0 Å². The van der Waals surface area contributed by atoms with E-state index in [9.17, 15) is 4.79 Å². The van der Waals surface area contributed by atoms with E-state index in [1.165, 1.54) is 11.1 Å². The van der Waals surface area contributed by atoms with E-state index >= 15 is 0 Å². The number of rotatable bonds is 9. The first-order chi connectivity index (χ1) is 22.4. The third kappa shape index (κ3) is 8.38. The van der Waals surface area contributed by atoms with E-state index in [1.807, 2.05) is 48.5 Å². The van der Waals surface area contributed by atoms with Crippen LogP contribution < -0.4 is 4.74 Å². The molecule has 1 aromatic heterocycles. The van der Waals surface area contributed by atoms with Crippen LogP contribution >= 0.6 is 0 Å². The molecule has 0 atom stereocenters. The van der Waals surface area contributed by atoms with Gasteiger partial charge in [0.25, 0.3) is 0 Å². The average Bonchev–Trinajstić information content (AvgIpc) is 3.44. The highest BCUT2D eigenvalue weighted by atomic mass is 16.5. The Morgan fingerprint density at radius 2 is 1.26 bits per heavy atom. The van der Waals surface area contributed by atoms with Crippen LogP contribution in [0, 0.1) is 5.92 Å². The molecule has 9 nitrogen and oxygen atoms in total. The number of fused-ring (bicyclic) bond motifs is 1. The number of likely N-dealkylation sites (tertiary alicyclic amines) is 1. The molecule has 1 saturated heterocycles. The van der Waals surface area contributed by atoms with Gasteiger partial charge in [-0.2, -0.15) is 0 Å². The molecule has 0 unspecified atom stereocenters. The highest BCUT2D eigenvalue weighted by Crippen LogP contribution is 2.30. The number of hydrogen-bond acceptors (Lipinski definition) is 5. The van der Waals surface area contributed by atoms with Crippen LogP contribution in [0.3, 0.4) is 0 Å². The van der Waals surface area contributed by atoms with Crippen LogP contribution in [0.2, 0.25) is 0 Å². The van der Waals surface area contributed by atoms with E-state index < -0.39 is 11.9 Å². The summed E-state index contributed by atoms with van der Waals surface area (Å²) in [6, 6.07) is 39.0. The van der Waals surface area contributed by atoms with E-state index in [1.54, 1.807) is 0 Å². The standard InChI is InChI=1S/C35H35N3O2.C2H2O4/c39-35(24-31(28-12-4-1-5-13-28)29-14-6-2-7-15-29)37-22-20-27(21-23-37)25-38-33-19-11-10-18-32(33)36-34(38)26-40-30-16-8-3-9-17-30;3-1(4)2(5)6/h1-19,27,31H,20-26H2;(H,3,4)(H,5,6). The van der Waals surface area contributed by atoms with Crippen molar-refractivity contribution in [3.8, 4) is 5.75 Å². The van der Waals surface area contributed by atoms with Crippen molar-refractivity contribution in [2.24, 2.45) is 5.92 Å². The van der Waals surface area contributed by atoms with Gasteiger partial charge in [0.05, 0.1) is 11.0 Å². The molecule has 6 rings (SSSR count). The molecule has 2 N–H and O–H groups in total. The predicted molar refractivity (Wildman–Crippen MR) is 174 cm³/mol. The highest BCUT2D eigenvalue weighted by molar-refractivity contribution is 6.27. The second-order valence-electron chi connectivity index (χ2n) is 11.2. The SMILES string of the molecule is O=C(CC(c1ccccc1)c1ccccc1)N1CCC(Cn2c(COc3ccccc3)nc3ccccc32)CC1.O=C(O)C(=O)O. The first kappa shape index (κ1) is 32.0. The molecule has 0 spiro atoms. The van der Waals surface area contributed by atoms with Crippen LogP contribution in [0.15, 0.2) is 115 Å². The molecule has 5 aromatic rings. The molecular weight excluding hydrogens is 582 g/mol. The Bertz CT molecular complexity index is 1680. The number of benzene rings is 4. The van der Waals surface area contributed by atoms with Crippen molar-refractivity contribution in [2.45, 2.75) is 38.3 Å². The molecule has 0 aliphatic carbocycles. The number of aliphatic carboxylic acids is 2. The van der Waals surface area contributed by atoms with Gasteiger partial charge >= 0.3 is 11.9 Å². The molecule has 0 bridgehead atoms. The number of para-hydroxylation sites is 3. The van der Waals surface area contributed by atoms with Crippen LogP contribution in [0.25, 0.3) is 11.0 Å². The fourth-order valence-corrected chi connectivity index (χ4v) is 5.83. The van der Waals surface area contributed by atoms with Crippen molar-refractivity contribution >= 4 is 28.9 Å². The average molecular weight is 620 g/mol. The summed E-state index contributed by atoms with van der Waals surface area (Å²) in [6.07, 6.45) is 2.46. The summed E-state index contributed by atoms with van der Waals surface area (Å²) in [5.74, 6) is -1.08. The first-order valence-electron chi connectivity index (χ1n) is 15.3. The number of piperidine rings is 1. The number of carboxylic acids is 2. The maximum atomic E-state index is 13.5. The minimum absolute atomic E-state index is 0.0668. The molecule has 0 saturated carbocycles. The summed E-state index contributed by atoms with van der Waals surface area (Å²) in [5.41, 5.74) is 4.51. The Labute approximate surface area is 267 Å². The smallest absolute Gasteiger partial charge is 0.414 e. The van der Waals surface area contributed by atoms with Gasteiger partial charge in [-0.05, 0) is 54.2 Å². The second kappa shape index (κ2) is 15.5. The van der Waals surface area contributed by atoms with E-state index in [2.05, 4.69) is 76.2 Å². The van der Waals surface area contributed by atoms with Gasteiger partial charge in [-0.25, -0.2) is 14.6 Å². The number of carboxylic acid groups (broad SMARTS) is 2. The van der Waals surface area contributed by atoms with Crippen LogP contribution in [0.1, 0.15) is 42.1 Å². The third-order valence-corrected chi connectivity index (χ3v) is 8.22. The number of ether oxygens (including phenoxy) is 1. The molecule has 0 radical (unpaired) electrons. The number of aromatic nitrogens is 2.